The first-order valence-corrected chi connectivity index (χ1v) is 8.02. The molecule has 2 aromatic rings. The Balaban J connectivity index is 1.88. The molecule has 0 bridgehead atoms. The molecule has 1 amide bonds. The molecule has 98 valence electrons. The Labute approximate surface area is 135 Å². The summed E-state index contributed by atoms with van der Waals surface area (Å²) in [4.78, 5) is 12.7. The van der Waals surface area contributed by atoms with Crippen molar-refractivity contribution in [3.63, 3.8) is 0 Å². The van der Waals surface area contributed by atoms with Gasteiger partial charge < -0.3 is 5.32 Å². The lowest BCUT2D eigenvalue weighted by molar-refractivity contribution is -0.113. The second-order valence-corrected chi connectivity index (χ2v) is 6.44. The summed E-state index contributed by atoms with van der Waals surface area (Å²) < 4.78 is 1.14. The number of thioether (sulfide) groups is 1. The molecule has 0 radical (unpaired) electrons. The number of rotatable bonds is 4. The lowest BCUT2D eigenvalue weighted by Crippen LogP contribution is -2.13. The molecule has 0 spiro atoms. The second kappa shape index (κ2) is 7.17. The van der Waals surface area contributed by atoms with Crippen LogP contribution in [-0.2, 0) is 4.79 Å². The number of hydrogen-bond acceptors (Lipinski definition) is 2. The third-order valence-corrected chi connectivity index (χ3v) is 4.56. The van der Waals surface area contributed by atoms with E-state index in [4.69, 9.17) is 11.6 Å². The maximum atomic E-state index is 11.8. The summed E-state index contributed by atoms with van der Waals surface area (Å²) in [6, 6.07) is 15.2. The maximum absolute atomic E-state index is 11.8. The minimum absolute atomic E-state index is 0.0360. The van der Waals surface area contributed by atoms with Gasteiger partial charge in [0.15, 0.2) is 0 Å². The predicted octanol–water partition coefficient (Wildman–Crippen LogP) is 4.68. The summed E-state index contributed by atoms with van der Waals surface area (Å²) in [6.07, 6.45) is 0. The third kappa shape index (κ3) is 4.71. The average Bonchev–Trinajstić information content (AvgIpc) is 2.40. The summed E-state index contributed by atoms with van der Waals surface area (Å²) >= 11 is 9.69. The van der Waals surface area contributed by atoms with E-state index in [9.17, 15) is 4.79 Å². The number of carbonyl (C=O) groups is 1. The van der Waals surface area contributed by atoms with Crippen molar-refractivity contribution in [2.75, 3.05) is 11.1 Å². The zero-order chi connectivity index (χ0) is 13.7. The van der Waals surface area contributed by atoms with Crippen LogP contribution >= 0.6 is 46.0 Å². The van der Waals surface area contributed by atoms with Crippen LogP contribution in [0.3, 0.4) is 0 Å². The van der Waals surface area contributed by atoms with E-state index in [2.05, 4.69) is 27.9 Å². The van der Waals surface area contributed by atoms with Crippen molar-refractivity contribution in [3.8, 4) is 0 Å². The van der Waals surface area contributed by atoms with Crippen LogP contribution in [0.15, 0.2) is 53.4 Å². The minimum atomic E-state index is -0.0360. The molecule has 0 atom stereocenters. The minimum Gasteiger partial charge on any atom is -0.325 e. The molecule has 0 aromatic heterocycles. The first-order chi connectivity index (χ1) is 9.15. The Morgan fingerprint density at radius 2 is 1.84 bits per heavy atom. The maximum Gasteiger partial charge on any atom is 0.234 e. The van der Waals surface area contributed by atoms with Gasteiger partial charge in [0.25, 0.3) is 0 Å². The fourth-order valence-corrected chi connectivity index (χ4v) is 2.83. The van der Waals surface area contributed by atoms with Gasteiger partial charge in [-0.3, -0.25) is 4.79 Å². The number of carbonyl (C=O) groups excluding carboxylic acids is 1. The van der Waals surface area contributed by atoms with Crippen molar-refractivity contribution in [2.45, 2.75) is 4.90 Å². The van der Waals surface area contributed by atoms with Gasteiger partial charge in [-0.05, 0) is 59.0 Å². The molecule has 0 unspecified atom stereocenters. The molecule has 0 aliphatic carbocycles. The number of amides is 1. The zero-order valence-electron chi connectivity index (χ0n) is 9.90. The summed E-state index contributed by atoms with van der Waals surface area (Å²) in [6.45, 7) is 0. The summed E-state index contributed by atoms with van der Waals surface area (Å²) in [5.41, 5.74) is 0.810. The average molecular weight is 404 g/mol. The summed E-state index contributed by atoms with van der Waals surface area (Å²) in [5.74, 6) is 0.307. The Kier molecular flexibility index (Phi) is 5.54. The monoisotopic (exact) mass is 403 g/mol. The molecule has 19 heavy (non-hydrogen) atoms. The Bertz CT molecular complexity index is 574. The van der Waals surface area contributed by atoms with Crippen LogP contribution in [0.25, 0.3) is 0 Å². The fourth-order valence-electron chi connectivity index (χ4n) is 1.44. The van der Waals surface area contributed by atoms with E-state index in [1.165, 1.54) is 11.8 Å². The van der Waals surface area contributed by atoms with Crippen LogP contribution in [-0.4, -0.2) is 11.7 Å². The second-order valence-electron chi connectivity index (χ2n) is 3.77. The Morgan fingerprint density at radius 3 is 2.53 bits per heavy atom. The van der Waals surface area contributed by atoms with Crippen LogP contribution < -0.4 is 5.32 Å². The number of nitrogens with one attached hydrogen (secondary N) is 1. The van der Waals surface area contributed by atoms with Gasteiger partial charge >= 0.3 is 0 Å². The van der Waals surface area contributed by atoms with Crippen LogP contribution in [0.5, 0.6) is 0 Å². The van der Waals surface area contributed by atoms with Gasteiger partial charge in [-0.1, -0.05) is 23.7 Å². The molecule has 1 N–H and O–H groups in total. The van der Waals surface area contributed by atoms with Crippen LogP contribution in [0, 0.1) is 3.57 Å². The molecule has 2 aromatic carbocycles. The number of halogens is 2. The highest BCUT2D eigenvalue weighted by atomic mass is 127. The smallest absolute Gasteiger partial charge is 0.234 e. The van der Waals surface area contributed by atoms with E-state index in [0.29, 0.717) is 10.8 Å². The molecular weight excluding hydrogens is 393 g/mol. The molecule has 2 nitrogen and oxygen atoms in total. The summed E-state index contributed by atoms with van der Waals surface area (Å²) in [5, 5.41) is 3.53. The van der Waals surface area contributed by atoms with E-state index in [1.54, 1.807) is 0 Å². The number of anilines is 1. The molecule has 0 heterocycles. The number of benzene rings is 2. The van der Waals surface area contributed by atoms with Crippen molar-refractivity contribution in [3.05, 3.63) is 57.1 Å². The molecule has 0 saturated carbocycles. The Morgan fingerprint density at radius 1 is 1.16 bits per heavy atom. The lowest BCUT2D eigenvalue weighted by Gasteiger charge is -2.06. The van der Waals surface area contributed by atoms with E-state index >= 15 is 0 Å². The summed E-state index contributed by atoms with van der Waals surface area (Å²) in [7, 11) is 0. The molecule has 5 heteroatoms. The predicted molar refractivity (Wildman–Crippen MR) is 90.0 cm³/mol. The van der Waals surface area contributed by atoms with Crippen molar-refractivity contribution in [1.29, 1.82) is 0 Å². The van der Waals surface area contributed by atoms with Gasteiger partial charge in [0.2, 0.25) is 5.91 Å². The van der Waals surface area contributed by atoms with Gasteiger partial charge in [-0.25, -0.2) is 0 Å². The van der Waals surface area contributed by atoms with Gasteiger partial charge in [0.05, 0.1) is 10.8 Å². The standard InChI is InChI=1S/C14H11ClINOS/c15-12-3-1-2-4-13(12)19-9-14(18)17-11-7-5-10(16)6-8-11/h1-8H,9H2,(H,17,18). The topological polar surface area (TPSA) is 29.1 Å². The first-order valence-electron chi connectivity index (χ1n) is 5.58. The molecule has 0 aliphatic heterocycles. The lowest BCUT2D eigenvalue weighted by atomic mass is 10.3. The van der Waals surface area contributed by atoms with Gasteiger partial charge in [-0.2, -0.15) is 0 Å². The van der Waals surface area contributed by atoms with Crippen molar-refractivity contribution in [1.82, 2.24) is 0 Å². The van der Waals surface area contributed by atoms with E-state index in [1.807, 2.05) is 48.5 Å². The van der Waals surface area contributed by atoms with Crippen LogP contribution in [0.2, 0.25) is 5.02 Å². The molecule has 0 saturated heterocycles. The van der Waals surface area contributed by atoms with E-state index in [-0.39, 0.29) is 5.91 Å². The highest BCUT2D eigenvalue weighted by molar-refractivity contribution is 14.1. The van der Waals surface area contributed by atoms with Crippen LogP contribution in [0.4, 0.5) is 5.69 Å². The molecule has 2 rings (SSSR count). The van der Waals surface area contributed by atoms with Gasteiger partial charge in [0.1, 0.15) is 0 Å². The Hall–Kier alpha value is -0.720. The third-order valence-electron chi connectivity index (χ3n) is 2.32. The van der Waals surface area contributed by atoms with Gasteiger partial charge in [-0.15, -0.1) is 11.8 Å². The molecule has 0 fully saturated rings. The van der Waals surface area contributed by atoms with Crippen molar-refractivity contribution < 1.29 is 4.79 Å². The molecule has 0 aliphatic rings. The fraction of sp³-hybridized carbons (Fsp3) is 0.0714. The van der Waals surface area contributed by atoms with Crippen molar-refractivity contribution >= 4 is 57.5 Å². The highest BCUT2D eigenvalue weighted by Gasteiger charge is 2.05. The quantitative estimate of drug-likeness (QED) is 0.593. The van der Waals surface area contributed by atoms with E-state index < -0.39 is 0 Å². The molecular formula is C14H11ClINOS. The number of hydrogen-bond donors (Lipinski definition) is 1. The SMILES string of the molecule is O=C(CSc1ccccc1Cl)Nc1ccc(I)cc1. The first kappa shape index (κ1) is 14.7. The van der Waals surface area contributed by atoms with E-state index in [0.717, 1.165) is 14.2 Å². The zero-order valence-corrected chi connectivity index (χ0v) is 13.6. The normalized spacial score (nSPS) is 10.2. The van der Waals surface area contributed by atoms with Gasteiger partial charge in [0, 0.05) is 14.2 Å². The van der Waals surface area contributed by atoms with Crippen LogP contribution in [0.1, 0.15) is 0 Å². The largest absolute Gasteiger partial charge is 0.325 e. The highest BCUT2D eigenvalue weighted by Crippen LogP contribution is 2.26. The van der Waals surface area contributed by atoms with Crippen molar-refractivity contribution in [2.24, 2.45) is 0 Å².